The van der Waals surface area contributed by atoms with E-state index in [0.717, 1.165) is 24.1 Å². The molecule has 0 saturated carbocycles. The maximum Gasteiger partial charge on any atom is 0.251 e. The lowest BCUT2D eigenvalue weighted by atomic mass is 10.1. The molecule has 0 spiro atoms. The third kappa shape index (κ3) is 5.11. The molecular formula is C24H28N6O4. The van der Waals surface area contributed by atoms with Gasteiger partial charge in [-0.2, -0.15) is 10.1 Å². The van der Waals surface area contributed by atoms with E-state index in [4.69, 9.17) is 19.2 Å². The third-order valence-corrected chi connectivity index (χ3v) is 5.31. The Morgan fingerprint density at radius 2 is 2.00 bits per heavy atom. The number of aromatic nitrogens is 2. The van der Waals surface area contributed by atoms with E-state index >= 15 is 0 Å². The maximum absolute atomic E-state index is 12.7. The van der Waals surface area contributed by atoms with Crippen LogP contribution in [0.15, 0.2) is 41.5 Å². The van der Waals surface area contributed by atoms with Gasteiger partial charge in [-0.1, -0.05) is 0 Å². The number of carbonyl (C=O) groups is 1. The molecule has 1 amide bonds. The smallest absolute Gasteiger partial charge is 0.251 e. The van der Waals surface area contributed by atoms with E-state index in [2.05, 4.69) is 26.1 Å². The van der Waals surface area contributed by atoms with Crippen LogP contribution < -0.4 is 30.3 Å². The predicted octanol–water partition coefficient (Wildman–Crippen LogP) is 2.69. The van der Waals surface area contributed by atoms with Crippen molar-refractivity contribution in [3.05, 3.63) is 42.0 Å². The molecule has 10 nitrogen and oxygen atoms in total. The van der Waals surface area contributed by atoms with Crippen LogP contribution in [0.5, 0.6) is 17.5 Å². The Hall–Kier alpha value is -4.08. The summed E-state index contributed by atoms with van der Waals surface area (Å²) in [5.74, 6) is 2.25. The summed E-state index contributed by atoms with van der Waals surface area (Å²) in [5, 5.41) is 11.0. The number of benzene rings is 1. The van der Waals surface area contributed by atoms with Crippen LogP contribution in [0, 0.1) is 0 Å². The molecule has 0 saturated heterocycles. The van der Waals surface area contributed by atoms with Crippen molar-refractivity contribution >= 4 is 22.6 Å². The summed E-state index contributed by atoms with van der Waals surface area (Å²) in [6, 6.07) is 10.8. The van der Waals surface area contributed by atoms with E-state index in [1.165, 1.54) is 0 Å². The van der Waals surface area contributed by atoms with Gasteiger partial charge in [0, 0.05) is 36.0 Å². The standard InChI is InChI=1S/C24H28N6O4/c1-4-34-20-13-19(17-9-10-22(32-2)29-24(17)33-3)28-18-12-15(7-8-16(18)20)23(31)25-11-5-6-21-26-14-27-30-21/h7-10,12-13,27H,4-6,11,14H2,1-3H3,(H,25,31)(H,26,30). The molecule has 0 radical (unpaired) electrons. The van der Waals surface area contributed by atoms with Crippen LogP contribution in [0.3, 0.4) is 0 Å². The molecular weight excluding hydrogens is 436 g/mol. The highest BCUT2D eigenvalue weighted by atomic mass is 16.5. The van der Waals surface area contributed by atoms with Gasteiger partial charge < -0.3 is 24.8 Å². The number of nitrogens with zero attached hydrogens (tertiary/aromatic N) is 3. The fraction of sp³-hybridized carbons (Fsp3) is 0.333. The van der Waals surface area contributed by atoms with Gasteiger partial charge >= 0.3 is 0 Å². The second-order valence-corrected chi connectivity index (χ2v) is 7.51. The van der Waals surface area contributed by atoms with Crippen LogP contribution >= 0.6 is 0 Å². The summed E-state index contributed by atoms with van der Waals surface area (Å²) in [6.07, 6.45) is 1.55. The Labute approximate surface area is 197 Å². The van der Waals surface area contributed by atoms with E-state index < -0.39 is 0 Å². The van der Waals surface area contributed by atoms with Crippen molar-refractivity contribution in [3.8, 4) is 28.8 Å². The molecule has 0 fully saturated rings. The minimum absolute atomic E-state index is 0.157. The molecule has 0 atom stereocenters. The van der Waals surface area contributed by atoms with Crippen LogP contribution in [-0.4, -0.2) is 55.8 Å². The molecule has 0 bridgehead atoms. The van der Waals surface area contributed by atoms with Crippen molar-refractivity contribution in [1.29, 1.82) is 0 Å². The largest absolute Gasteiger partial charge is 0.493 e. The third-order valence-electron chi connectivity index (χ3n) is 5.31. The molecule has 178 valence electrons. The van der Waals surface area contributed by atoms with Gasteiger partial charge in [-0.15, -0.1) is 0 Å². The van der Waals surface area contributed by atoms with Gasteiger partial charge in [-0.05, 0) is 37.6 Å². The topological polar surface area (TPSA) is 119 Å². The minimum Gasteiger partial charge on any atom is -0.493 e. The lowest BCUT2D eigenvalue weighted by Crippen LogP contribution is -2.26. The highest BCUT2D eigenvalue weighted by molar-refractivity contribution is 5.99. The van der Waals surface area contributed by atoms with E-state index in [0.29, 0.717) is 59.7 Å². The molecule has 4 rings (SSSR count). The van der Waals surface area contributed by atoms with Crippen LogP contribution in [0.25, 0.3) is 22.2 Å². The quantitative estimate of drug-likeness (QED) is 0.392. The molecule has 3 N–H and O–H groups in total. The van der Waals surface area contributed by atoms with Crippen molar-refractivity contribution in [1.82, 2.24) is 26.0 Å². The van der Waals surface area contributed by atoms with Crippen molar-refractivity contribution in [3.63, 3.8) is 0 Å². The first-order valence-corrected chi connectivity index (χ1v) is 11.1. The van der Waals surface area contributed by atoms with Crippen molar-refractivity contribution < 1.29 is 19.0 Å². The average Bonchev–Trinajstić information content (AvgIpc) is 3.39. The lowest BCUT2D eigenvalue weighted by molar-refractivity contribution is 0.0953. The number of rotatable bonds is 10. The van der Waals surface area contributed by atoms with E-state index in [-0.39, 0.29) is 5.91 Å². The Morgan fingerprint density at radius 3 is 2.74 bits per heavy atom. The van der Waals surface area contributed by atoms with Gasteiger partial charge in [0.1, 0.15) is 18.3 Å². The van der Waals surface area contributed by atoms with E-state index in [1.54, 1.807) is 32.4 Å². The lowest BCUT2D eigenvalue weighted by Gasteiger charge is -2.13. The van der Waals surface area contributed by atoms with Gasteiger partial charge in [-0.25, -0.2) is 4.98 Å². The number of pyridine rings is 2. The number of hydrogen-bond acceptors (Lipinski definition) is 9. The molecule has 2 aromatic heterocycles. The number of methoxy groups -OCH3 is 2. The zero-order valence-electron chi connectivity index (χ0n) is 19.5. The van der Waals surface area contributed by atoms with E-state index in [9.17, 15) is 4.79 Å². The van der Waals surface area contributed by atoms with Crippen molar-refractivity contribution in [2.24, 2.45) is 5.10 Å². The molecule has 1 aliphatic heterocycles. The second-order valence-electron chi connectivity index (χ2n) is 7.51. The highest BCUT2D eigenvalue weighted by Gasteiger charge is 2.16. The first kappa shape index (κ1) is 23.1. The minimum atomic E-state index is -0.157. The zero-order valence-corrected chi connectivity index (χ0v) is 19.5. The summed E-state index contributed by atoms with van der Waals surface area (Å²) in [5.41, 5.74) is 5.35. The summed E-state index contributed by atoms with van der Waals surface area (Å²) in [4.78, 5) is 21.9. The summed E-state index contributed by atoms with van der Waals surface area (Å²) >= 11 is 0. The van der Waals surface area contributed by atoms with Crippen LogP contribution in [0.2, 0.25) is 0 Å². The average molecular weight is 465 g/mol. The number of hydrogen-bond donors (Lipinski definition) is 3. The summed E-state index contributed by atoms with van der Waals surface area (Å²) in [7, 11) is 3.09. The first-order chi connectivity index (χ1) is 16.6. The molecule has 3 heterocycles. The second kappa shape index (κ2) is 10.7. The monoisotopic (exact) mass is 464 g/mol. The Kier molecular flexibility index (Phi) is 7.26. The first-order valence-electron chi connectivity index (χ1n) is 11.1. The molecule has 34 heavy (non-hydrogen) atoms. The fourth-order valence-electron chi connectivity index (χ4n) is 3.66. The normalized spacial score (nSPS) is 12.5. The SMILES string of the molecule is CCOc1cc(-c2ccc(OC)nc2OC)nc2cc(C(=O)NCCCC3=NNCN3)ccc12. The molecule has 0 unspecified atom stereocenters. The van der Waals surface area contributed by atoms with Crippen molar-refractivity contribution in [2.45, 2.75) is 19.8 Å². The van der Waals surface area contributed by atoms with Crippen LogP contribution in [-0.2, 0) is 0 Å². The highest BCUT2D eigenvalue weighted by Crippen LogP contribution is 2.35. The summed E-state index contributed by atoms with van der Waals surface area (Å²) in [6.45, 7) is 3.61. The number of fused-ring (bicyclic) bond motifs is 1. The van der Waals surface area contributed by atoms with Crippen LogP contribution in [0.1, 0.15) is 30.1 Å². The molecule has 3 aromatic rings. The van der Waals surface area contributed by atoms with Crippen LogP contribution in [0.4, 0.5) is 0 Å². The predicted molar refractivity (Wildman–Crippen MR) is 129 cm³/mol. The Bertz CT molecular complexity index is 1210. The number of hydrazone groups is 1. The number of amidine groups is 1. The number of carbonyl (C=O) groups excluding carboxylic acids is 1. The number of amides is 1. The van der Waals surface area contributed by atoms with Crippen molar-refractivity contribution in [2.75, 3.05) is 34.0 Å². The van der Waals surface area contributed by atoms with Gasteiger partial charge in [0.05, 0.1) is 37.6 Å². The van der Waals surface area contributed by atoms with E-state index in [1.807, 2.05) is 25.1 Å². The number of nitrogens with one attached hydrogen (secondary N) is 3. The Morgan fingerprint density at radius 1 is 1.12 bits per heavy atom. The zero-order chi connectivity index (χ0) is 23.9. The fourth-order valence-corrected chi connectivity index (χ4v) is 3.66. The molecule has 10 heteroatoms. The molecule has 1 aromatic carbocycles. The van der Waals surface area contributed by atoms with Gasteiger partial charge in [-0.3, -0.25) is 10.2 Å². The maximum atomic E-state index is 12.7. The van der Waals surface area contributed by atoms with Gasteiger partial charge in [0.25, 0.3) is 5.91 Å². The van der Waals surface area contributed by atoms with Gasteiger partial charge in [0.15, 0.2) is 0 Å². The molecule has 0 aliphatic carbocycles. The number of ether oxygens (including phenoxy) is 3. The molecule has 1 aliphatic rings. The van der Waals surface area contributed by atoms with Gasteiger partial charge in [0.2, 0.25) is 11.8 Å². The summed E-state index contributed by atoms with van der Waals surface area (Å²) < 4.78 is 16.5. The Balaban J connectivity index is 1.60.